The number of nitrogens with zero attached hydrogens (tertiary/aromatic N) is 4. The number of anilines is 2. The lowest BCUT2D eigenvalue weighted by Crippen LogP contribution is -2.53. The summed E-state index contributed by atoms with van der Waals surface area (Å²) in [7, 11) is 1.60. The Kier molecular flexibility index (Phi) is 8.06. The van der Waals surface area contributed by atoms with Crippen molar-refractivity contribution in [1.82, 2.24) is 20.2 Å². The zero-order chi connectivity index (χ0) is 26.8. The molecular formula is C27H40F2N6O3. The third kappa shape index (κ3) is 6.55. The van der Waals surface area contributed by atoms with E-state index in [1.54, 1.807) is 12.0 Å². The number of aliphatic hydroxyl groups is 1. The van der Waals surface area contributed by atoms with Gasteiger partial charge in [0.05, 0.1) is 25.8 Å². The number of aromatic nitrogens is 2. The van der Waals surface area contributed by atoms with Crippen LogP contribution in [0.5, 0.6) is 11.5 Å². The van der Waals surface area contributed by atoms with E-state index in [1.807, 2.05) is 19.1 Å². The molecule has 1 aliphatic carbocycles. The third-order valence-corrected chi connectivity index (χ3v) is 7.63. The Morgan fingerprint density at radius 3 is 2.50 bits per heavy atom. The number of benzene rings is 1. The average molecular weight is 535 g/mol. The molecule has 1 aromatic carbocycles. The molecule has 0 bridgehead atoms. The van der Waals surface area contributed by atoms with Gasteiger partial charge in [0, 0.05) is 50.0 Å². The number of methoxy groups -OCH3 is 1. The molecule has 0 amide bonds. The van der Waals surface area contributed by atoms with Crippen LogP contribution < -0.4 is 25.0 Å². The summed E-state index contributed by atoms with van der Waals surface area (Å²) in [4.78, 5) is 13.8. The number of piperidine rings is 1. The molecule has 2 saturated heterocycles. The molecule has 3 N–H and O–H groups in total. The maximum Gasteiger partial charge on any atom is 0.251 e. The van der Waals surface area contributed by atoms with Crippen LogP contribution >= 0.6 is 0 Å². The normalized spacial score (nSPS) is 21.4. The predicted molar refractivity (Wildman–Crippen MR) is 144 cm³/mol. The van der Waals surface area contributed by atoms with Crippen molar-refractivity contribution in [3.8, 4) is 11.5 Å². The number of hydrogen-bond acceptors (Lipinski definition) is 9. The van der Waals surface area contributed by atoms with Crippen LogP contribution in [0.25, 0.3) is 10.9 Å². The van der Waals surface area contributed by atoms with Crippen LogP contribution in [0.1, 0.15) is 51.9 Å². The van der Waals surface area contributed by atoms with Gasteiger partial charge in [-0.05, 0) is 58.2 Å². The molecule has 0 spiro atoms. The maximum atomic E-state index is 13.9. The molecule has 11 heteroatoms. The highest BCUT2D eigenvalue weighted by atomic mass is 19.3. The van der Waals surface area contributed by atoms with Crippen molar-refractivity contribution in [1.29, 1.82) is 0 Å². The monoisotopic (exact) mass is 534 g/mol. The molecule has 3 fully saturated rings. The Hall–Kier alpha value is -2.50. The lowest BCUT2D eigenvalue weighted by atomic mass is 10.1. The molecule has 38 heavy (non-hydrogen) atoms. The van der Waals surface area contributed by atoms with E-state index < -0.39 is 11.6 Å². The van der Waals surface area contributed by atoms with E-state index >= 15 is 0 Å². The van der Waals surface area contributed by atoms with Gasteiger partial charge < -0.3 is 29.7 Å². The first-order chi connectivity index (χ1) is 18.3. The first-order valence-corrected chi connectivity index (χ1v) is 13.8. The standard InChI is InChI=1S/C27H40F2N6O3/c1-26(18-36,32-19-6-7-19)33-24-20-16-22(37-2)23(38-15-5-12-34-10-3-4-11-34)17-21(20)30-25(31-24)35-13-8-27(28,29)9-14-35/h16-17,19,32,36H,3-15,18H2,1-2H3,(H,30,31,33). The van der Waals surface area contributed by atoms with Gasteiger partial charge in [-0.3, -0.25) is 5.32 Å². The SMILES string of the molecule is COc1cc2c(NC(C)(CO)NC3CC3)nc(N3CCC(F)(F)CC3)nc2cc1OCCCN1CCCC1. The minimum absolute atomic E-state index is 0.157. The number of rotatable bonds is 12. The van der Waals surface area contributed by atoms with Gasteiger partial charge in [-0.15, -0.1) is 0 Å². The van der Waals surface area contributed by atoms with Gasteiger partial charge in [0.2, 0.25) is 5.95 Å². The summed E-state index contributed by atoms with van der Waals surface area (Å²) < 4.78 is 39.5. The van der Waals surface area contributed by atoms with Crippen molar-refractivity contribution in [2.24, 2.45) is 0 Å². The molecule has 1 unspecified atom stereocenters. The van der Waals surface area contributed by atoms with Crippen LogP contribution in [-0.2, 0) is 0 Å². The summed E-state index contributed by atoms with van der Waals surface area (Å²) in [6, 6.07) is 4.02. The van der Waals surface area contributed by atoms with Crippen LogP contribution in [0.4, 0.5) is 20.5 Å². The molecule has 210 valence electrons. The number of nitrogens with one attached hydrogen (secondary N) is 2. The summed E-state index contributed by atoms with van der Waals surface area (Å²) in [5.41, 5.74) is -0.191. The zero-order valence-electron chi connectivity index (χ0n) is 22.4. The van der Waals surface area contributed by atoms with Crippen LogP contribution in [-0.4, -0.2) is 90.6 Å². The van der Waals surface area contributed by atoms with Gasteiger partial charge in [-0.25, -0.2) is 13.8 Å². The van der Waals surface area contributed by atoms with Gasteiger partial charge >= 0.3 is 0 Å². The highest BCUT2D eigenvalue weighted by Gasteiger charge is 2.36. The Bertz CT molecular complexity index is 1100. The van der Waals surface area contributed by atoms with Crippen LogP contribution in [0.3, 0.4) is 0 Å². The Balaban J connectivity index is 1.43. The number of fused-ring (bicyclic) bond motifs is 1. The Labute approximate surface area is 222 Å². The summed E-state index contributed by atoms with van der Waals surface area (Å²) in [5.74, 6) is -0.625. The summed E-state index contributed by atoms with van der Waals surface area (Å²) in [6.07, 6.45) is 5.08. The number of ether oxygens (including phenoxy) is 2. The van der Waals surface area contributed by atoms with E-state index in [4.69, 9.17) is 19.4 Å². The summed E-state index contributed by atoms with van der Waals surface area (Å²) >= 11 is 0. The van der Waals surface area contributed by atoms with Gasteiger partial charge in [0.15, 0.2) is 11.5 Å². The predicted octanol–water partition coefficient (Wildman–Crippen LogP) is 3.61. The molecule has 0 radical (unpaired) electrons. The molecule has 1 atom stereocenters. The van der Waals surface area contributed by atoms with Gasteiger partial charge in [-0.2, -0.15) is 4.98 Å². The van der Waals surface area contributed by atoms with Crippen molar-refractivity contribution >= 4 is 22.7 Å². The lowest BCUT2D eigenvalue weighted by Gasteiger charge is -2.34. The topological polar surface area (TPSA) is 95.0 Å². The van der Waals surface area contributed by atoms with Gasteiger partial charge in [0.1, 0.15) is 11.5 Å². The van der Waals surface area contributed by atoms with Gasteiger partial charge in [-0.1, -0.05) is 0 Å². The minimum atomic E-state index is -2.67. The van der Waals surface area contributed by atoms with Crippen molar-refractivity contribution < 1.29 is 23.4 Å². The summed E-state index contributed by atoms with van der Waals surface area (Å²) in [5, 5.41) is 17.7. The fourth-order valence-electron chi connectivity index (χ4n) is 5.20. The molecule has 5 rings (SSSR count). The van der Waals surface area contributed by atoms with E-state index in [2.05, 4.69) is 15.5 Å². The first kappa shape index (κ1) is 27.1. The van der Waals surface area contributed by atoms with Crippen LogP contribution in [0, 0.1) is 0 Å². The highest BCUT2D eigenvalue weighted by molar-refractivity contribution is 5.93. The number of aliphatic hydroxyl groups excluding tert-OH is 1. The van der Waals surface area contributed by atoms with E-state index in [-0.39, 0.29) is 32.5 Å². The Morgan fingerprint density at radius 1 is 1.11 bits per heavy atom. The lowest BCUT2D eigenvalue weighted by molar-refractivity contribution is -0.0222. The fraction of sp³-hybridized carbons (Fsp3) is 0.704. The largest absolute Gasteiger partial charge is 0.493 e. The number of likely N-dealkylation sites (tertiary alicyclic amines) is 1. The average Bonchev–Trinajstić information content (AvgIpc) is 3.55. The van der Waals surface area contributed by atoms with Gasteiger partial charge in [0.25, 0.3) is 5.92 Å². The second-order valence-electron chi connectivity index (χ2n) is 11.0. The summed E-state index contributed by atoms with van der Waals surface area (Å²) in [6.45, 7) is 5.93. The maximum absolute atomic E-state index is 13.9. The molecule has 2 aliphatic heterocycles. The van der Waals surface area contributed by atoms with Crippen LogP contribution in [0.15, 0.2) is 12.1 Å². The minimum Gasteiger partial charge on any atom is -0.493 e. The Morgan fingerprint density at radius 2 is 1.84 bits per heavy atom. The molecule has 1 aromatic heterocycles. The zero-order valence-corrected chi connectivity index (χ0v) is 22.4. The van der Waals surface area contributed by atoms with E-state index in [9.17, 15) is 13.9 Å². The molecule has 1 saturated carbocycles. The highest BCUT2D eigenvalue weighted by Crippen LogP contribution is 2.37. The molecule has 3 heterocycles. The second kappa shape index (κ2) is 11.3. The smallest absolute Gasteiger partial charge is 0.251 e. The fourth-order valence-corrected chi connectivity index (χ4v) is 5.20. The van der Waals surface area contributed by atoms with Crippen molar-refractivity contribution in [2.75, 3.05) is 63.3 Å². The number of hydrogen-bond donors (Lipinski definition) is 3. The van der Waals surface area contributed by atoms with E-state index in [0.717, 1.165) is 38.9 Å². The molecule has 3 aliphatic rings. The van der Waals surface area contributed by atoms with E-state index in [1.165, 1.54) is 12.8 Å². The first-order valence-electron chi connectivity index (χ1n) is 13.8. The van der Waals surface area contributed by atoms with Crippen molar-refractivity contribution in [2.45, 2.75) is 69.5 Å². The van der Waals surface area contributed by atoms with Crippen molar-refractivity contribution in [3.63, 3.8) is 0 Å². The molecule has 2 aromatic rings. The van der Waals surface area contributed by atoms with Crippen LogP contribution in [0.2, 0.25) is 0 Å². The number of halogens is 2. The van der Waals surface area contributed by atoms with Crippen molar-refractivity contribution in [3.05, 3.63) is 12.1 Å². The second-order valence-corrected chi connectivity index (χ2v) is 11.0. The quantitative estimate of drug-likeness (QED) is 0.279. The molecular weight excluding hydrogens is 494 g/mol. The molecule has 9 nitrogen and oxygen atoms in total. The number of alkyl halides is 2. The third-order valence-electron chi connectivity index (χ3n) is 7.63. The van der Waals surface area contributed by atoms with E-state index in [0.29, 0.717) is 46.8 Å².